The third kappa shape index (κ3) is 2.71. The standard InChI is InChI=1S/C13H25NS/c1-10(2)13(9-15)8-14-6-11-4-3-5-12(11)7-14/h10-13,15H,3-9H2,1-2H3. The molecular formula is C13H25NS. The second-order valence-corrected chi connectivity index (χ2v) is 6.22. The van der Waals surface area contributed by atoms with Gasteiger partial charge in [0.15, 0.2) is 0 Å². The van der Waals surface area contributed by atoms with Crippen LogP contribution in [0.3, 0.4) is 0 Å². The highest BCUT2D eigenvalue weighted by Gasteiger charge is 2.36. The summed E-state index contributed by atoms with van der Waals surface area (Å²) in [6.45, 7) is 8.70. The van der Waals surface area contributed by atoms with E-state index in [1.165, 1.54) is 38.9 Å². The summed E-state index contributed by atoms with van der Waals surface area (Å²) in [6.07, 6.45) is 4.48. The van der Waals surface area contributed by atoms with Crippen LogP contribution in [-0.2, 0) is 0 Å². The van der Waals surface area contributed by atoms with Crippen LogP contribution in [0.5, 0.6) is 0 Å². The van der Waals surface area contributed by atoms with Crippen molar-refractivity contribution in [3.8, 4) is 0 Å². The number of hydrogen-bond acceptors (Lipinski definition) is 2. The van der Waals surface area contributed by atoms with Crippen LogP contribution in [0.2, 0.25) is 0 Å². The third-order valence-electron chi connectivity index (χ3n) is 4.47. The molecule has 2 heteroatoms. The molecule has 88 valence electrons. The first-order valence-electron chi connectivity index (χ1n) is 6.54. The highest BCUT2D eigenvalue weighted by molar-refractivity contribution is 7.80. The van der Waals surface area contributed by atoms with Crippen molar-refractivity contribution in [2.24, 2.45) is 23.7 Å². The van der Waals surface area contributed by atoms with Gasteiger partial charge < -0.3 is 4.90 Å². The van der Waals surface area contributed by atoms with Crippen molar-refractivity contribution >= 4 is 12.6 Å². The summed E-state index contributed by atoms with van der Waals surface area (Å²) < 4.78 is 0. The number of hydrogen-bond donors (Lipinski definition) is 1. The Morgan fingerprint density at radius 2 is 1.80 bits per heavy atom. The van der Waals surface area contributed by atoms with E-state index in [1.807, 2.05) is 0 Å². The third-order valence-corrected chi connectivity index (χ3v) is 4.94. The Kier molecular flexibility index (Phi) is 4.00. The zero-order valence-corrected chi connectivity index (χ0v) is 11.0. The van der Waals surface area contributed by atoms with E-state index in [0.29, 0.717) is 0 Å². The number of fused-ring (bicyclic) bond motifs is 1. The summed E-state index contributed by atoms with van der Waals surface area (Å²) in [4.78, 5) is 2.70. The van der Waals surface area contributed by atoms with Crippen LogP contribution in [0.1, 0.15) is 33.1 Å². The van der Waals surface area contributed by atoms with E-state index in [-0.39, 0.29) is 0 Å². The molecule has 1 aliphatic carbocycles. The molecule has 0 spiro atoms. The molecule has 0 bridgehead atoms. The minimum absolute atomic E-state index is 0.781. The fourth-order valence-electron chi connectivity index (χ4n) is 3.29. The minimum atomic E-state index is 0.781. The fourth-order valence-corrected chi connectivity index (χ4v) is 3.83. The van der Waals surface area contributed by atoms with Crippen molar-refractivity contribution in [3.05, 3.63) is 0 Å². The lowest BCUT2D eigenvalue weighted by Gasteiger charge is -2.25. The highest BCUT2D eigenvalue weighted by Crippen LogP contribution is 2.38. The maximum atomic E-state index is 4.48. The molecule has 0 aromatic carbocycles. The molecule has 0 N–H and O–H groups in total. The molecule has 3 atom stereocenters. The molecule has 0 aromatic heterocycles. The molecule has 0 radical (unpaired) electrons. The predicted molar refractivity (Wildman–Crippen MR) is 69.5 cm³/mol. The van der Waals surface area contributed by atoms with Crippen molar-refractivity contribution in [2.75, 3.05) is 25.4 Å². The van der Waals surface area contributed by atoms with Gasteiger partial charge in [-0.3, -0.25) is 0 Å². The molecule has 0 amide bonds. The largest absolute Gasteiger partial charge is 0.302 e. The van der Waals surface area contributed by atoms with E-state index in [1.54, 1.807) is 0 Å². The van der Waals surface area contributed by atoms with Gasteiger partial charge in [-0.25, -0.2) is 0 Å². The quantitative estimate of drug-likeness (QED) is 0.723. The van der Waals surface area contributed by atoms with Gasteiger partial charge in [0.1, 0.15) is 0 Å². The van der Waals surface area contributed by atoms with Crippen molar-refractivity contribution in [1.82, 2.24) is 4.90 Å². The van der Waals surface area contributed by atoms with Crippen LogP contribution in [-0.4, -0.2) is 30.3 Å². The smallest absolute Gasteiger partial charge is 0.00201 e. The van der Waals surface area contributed by atoms with Crippen molar-refractivity contribution in [1.29, 1.82) is 0 Å². The Morgan fingerprint density at radius 1 is 1.20 bits per heavy atom. The summed E-state index contributed by atoms with van der Waals surface area (Å²) in [7, 11) is 0. The molecular weight excluding hydrogens is 202 g/mol. The van der Waals surface area contributed by atoms with Gasteiger partial charge in [0.05, 0.1) is 0 Å². The van der Waals surface area contributed by atoms with Crippen LogP contribution in [0.4, 0.5) is 0 Å². The predicted octanol–water partition coefficient (Wildman–Crippen LogP) is 2.92. The molecule has 2 aliphatic rings. The van der Waals surface area contributed by atoms with Crippen LogP contribution in [0.25, 0.3) is 0 Å². The van der Waals surface area contributed by atoms with Gasteiger partial charge in [0.2, 0.25) is 0 Å². The second-order valence-electron chi connectivity index (χ2n) is 5.86. The van der Waals surface area contributed by atoms with E-state index >= 15 is 0 Å². The van der Waals surface area contributed by atoms with Crippen molar-refractivity contribution in [2.45, 2.75) is 33.1 Å². The molecule has 0 aromatic rings. The first-order chi connectivity index (χ1) is 7.20. The topological polar surface area (TPSA) is 3.24 Å². The molecule has 1 saturated carbocycles. The molecule has 3 unspecified atom stereocenters. The number of likely N-dealkylation sites (tertiary alicyclic amines) is 1. The molecule has 2 fully saturated rings. The lowest BCUT2D eigenvalue weighted by molar-refractivity contribution is 0.239. The lowest BCUT2D eigenvalue weighted by atomic mass is 9.97. The zero-order valence-electron chi connectivity index (χ0n) is 10.2. The van der Waals surface area contributed by atoms with Gasteiger partial charge in [-0.2, -0.15) is 12.6 Å². The Morgan fingerprint density at radius 3 is 2.27 bits per heavy atom. The summed E-state index contributed by atoms with van der Waals surface area (Å²) >= 11 is 4.48. The zero-order chi connectivity index (χ0) is 10.8. The molecule has 1 nitrogen and oxygen atoms in total. The summed E-state index contributed by atoms with van der Waals surface area (Å²) in [6, 6.07) is 0. The Labute approximate surface area is 100 Å². The van der Waals surface area contributed by atoms with Gasteiger partial charge in [0.25, 0.3) is 0 Å². The van der Waals surface area contributed by atoms with Gasteiger partial charge in [0, 0.05) is 19.6 Å². The van der Waals surface area contributed by atoms with Crippen molar-refractivity contribution < 1.29 is 0 Å². The van der Waals surface area contributed by atoms with E-state index in [4.69, 9.17) is 0 Å². The van der Waals surface area contributed by atoms with E-state index in [0.717, 1.165) is 29.4 Å². The van der Waals surface area contributed by atoms with Gasteiger partial charge >= 0.3 is 0 Å². The molecule has 1 saturated heterocycles. The van der Waals surface area contributed by atoms with Gasteiger partial charge in [-0.15, -0.1) is 0 Å². The molecule has 1 aliphatic heterocycles. The average molecular weight is 227 g/mol. The second kappa shape index (κ2) is 5.09. The summed E-state index contributed by atoms with van der Waals surface area (Å²) in [5.74, 6) is 4.69. The van der Waals surface area contributed by atoms with Crippen LogP contribution < -0.4 is 0 Å². The first kappa shape index (κ1) is 11.8. The van der Waals surface area contributed by atoms with E-state index in [2.05, 4.69) is 31.4 Å². The lowest BCUT2D eigenvalue weighted by Crippen LogP contribution is -2.31. The van der Waals surface area contributed by atoms with E-state index in [9.17, 15) is 0 Å². The SMILES string of the molecule is CC(C)C(CS)CN1CC2CCCC2C1. The molecule has 1 heterocycles. The number of thiol groups is 1. The van der Waals surface area contributed by atoms with E-state index < -0.39 is 0 Å². The molecule has 2 rings (SSSR count). The van der Waals surface area contributed by atoms with Crippen molar-refractivity contribution in [3.63, 3.8) is 0 Å². The Bertz CT molecular complexity index is 193. The summed E-state index contributed by atoms with van der Waals surface area (Å²) in [5.41, 5.74) is 0. The maximum absolute atomic E-state index is 4.48. The minimum Gasteiger partial charge on any atom is -0.302 e. The molecule has 15 heavy (non-hydrogen) atoms. The number of rotatable bonds is 4. The fraction of sp³-hybridized carbons (Fsp3) is 1.00. The monoisotopic (exact) mass is 227 g/mol. The average Bonchev–Trinajstić information content (AvgIpc) is 2.72. The van der Waals surface area contributed by atoms with Crippen LogP contribution in [0, 0.1) is 23.7 Å². The maximum Gasteiger partial charge on any atom is 0.00201 e. The van der Waals surface area contributed by atoms with Crippen LogP contribution >= 0.6 is 12.6 Å². The Hall–Kier alpha value is 0.310. The highest BCUT2D eigenvalue weighted by atomic mass is 32.1. The van der Waals surface area contributed by atoms with Gasteiger partial charge in [-0.1, -0.05) is 20.3 Å². The first-order valence-corrected chi connectivity index (χ1v) is 7.17. The summed E-state index contributed by atoms with van der Waals surface area (Å²) in [5, 5.41) is 0. The Balaban J connectivity index is 1.81. The van der Waals surface area contributed by atoms with Crippen LogP contribution in [0.15, 0.2) is 0 Å². The number of nitrogens with zero attached hydrogens (tertiary/aromatic N) is 1. The van der Waals surface area contributed by atoms with Gasteiger partial charge in [-0.05, 0) is 42.3 Å². The normalized spacial score (nSPS) is 33.6.